The molecule has 0 radical (unpaired) electrons. The van der Waals surface area contributed by atoms with Crippen molar-refractivity contribution in [1.29, 1.82) is 0 Å². The quantitative estimate of drug-likeness (QED) is 0.538. The molecule has 0 aromatic heterocycles. The van der Waals surface area contributed by atoms with Crippen LogP contribution in [0.2, 0.25) is 0 Å². The maximum absolute atomic E-state index is 3.76. The third-order valence-corrected chi connectivity index (χ3v) is 3.15. The van der Waals surface area contributed by atoms with Gasteiger partial charge in [-0.25, -0.2) is 0 Å². The molecule has 0 rings (SSSR count). The lowest BCUT2D eigenvalue weighted by Crippen LogP contribution is -2.32. The van der Waals surface area contributed by atoms with Crippen molar-refractivity contribution in [1.82, 2.24) is 5.32 Å². The molecule has 1 heteroatoms. The van der Waals surface area contributed by atoms with Gasteiger partial charge in [-0.05, 0) is 43.6 Å². The standard InChI is InChI=1S/C16H35N/c1-13(2)9-7-8-10-17-16(11-14(3)4)12-15(5)6/h13-17H,7-12H2,1-6H3. The Labute approximate surface area is 110 Å². The summed E-state index contributed by atoms with van der Waals surface area (Å²) in [6.45, 7) is 15.1. The van der Waals surface area contributed by atoms with Gasteiger partial charge in [0.1, 0.15) is 0 Å². The number of hydrogen-bond donors (Lipinski definition) is 1. The average molecular weight is 241 g/mol. The Morgan fingerprint density at radius 3 is 1.65 bits per heavy atom. The van der Waals surface area contributed by atoms with E-state index in [0.29, 0.717) is 0 Å². The molecule has 0 unspecified atom stereocenters. The zero-order valence-corrected chi connectivity index (χ0v) is 13.1. The van der Waals surface area contributed by atoms with Crippen LogP contribution < -0.4 is 5.32 Å². The first kappa shape index (κ1) is 17.0. The summed E-state index contributed by atoms with van der Waals surface area (Å²) in [6.07, 6.45) is 6.73. The molecule has 0 amide bonds. The van der Waals surface area contributed by atoms with Crippen LogP contribution in [-0.4, -0.2) is 12.6 Å². The van der Waals surface area contributed by atoms with E-state index in [9.17, 15) is 0 Å². The molecule has 0 fully saturated rings. The van der Waals surface area contributed by atoms with Crippen molar-refractivity contribution in [2.75, 3.05) is 6.54 Å². The molecule has 0 saturated heterocycles. The Hall–Kier alpha value is -0.0400. The lowest BCUT2D eigenvalue weighted by molar-refractivity contribution is 0.355. The zero-order chi connectivity index (χ0) is 13.3. The van der Waals surface area contributed by atoms with E-state index in [0.717, 1.165) is 23.8 Å². The van der Waals surface area contributed by atoms with Gasteiger partial charge in [0, 0.05) is 6.04 Å². The van der Waals surface area contributed by atoms with E-state index >= 15 is 0 Å². The normalized spacial score (nSPS) is 12.4. The SMILES string of the molecule is CC(C)CCCCNC(CC(C)C)CC(C)C. The van der Waals surface area contributed by atoms with Gasteiger partial charge in [0.2, 0.25) is 0 Å². The van der Waals surface area contributed by atoms with Crippen LogP contribution in [0.4, 0.5) is 0 Å². The monoisotopic (exact) mass is 241 g/mol. The van der Waals surface area contributed by atoms with Crippen molar-refractivity contribution < 1.29 is 0 Å². The van der Waals surface area contributed by atoms with Crippen molar-refractivity contribution in [3.8, 4) is 0 Å². The second-order valence-electron chi connectivity index (χ2n) is 6.80. The van der Waals surface area contributed by atoms with Crippen molar-refractivity contribution in [3.63, 3.8) is 0 Å². The smallest absolute Gasteiger partial charge is 0.00719 e. The van der Waals surface area contributed by atoms with Gasteiger partial charge in [-0.1, -0.05) is 54.4 Å². The van der Waals surface area contributed by atoms with Crippen LogP contribution in [0, 0.1) is 17.8 Å². The molecule has 0 bridgehead atoms. The summed E-state index contributed by atoms with van der Waals surface area (Å²) in [6, 6.07) is 0.731. The minimum Gasteiger partial charge on any atom is -0.314 e. The number of unbranched alkanes of at least 4 members (excludes halogenated alkanes) is 1. The Morgan fingerprint density at radius 1 is 0.706 bits per heavy atom. The van der Waals surface area contributed by atoms with Crippen LogP contribution in [0.15, 0.2) is 0 Å². The van der Waals surface area contributed by atoms with Gasteiger partial charge in [-0.15, -0.1) is 0 Å². The minimum absolute atomic E-state index is 0.731. The van der Waals surface area contributed by atoms with E-state index in [-0.39, 0.29) is 0 Å². The molecule has 17 heavy (non-hydrogen) atoms. The molecular formula is C16H35N. The third kappa shape index (κ3) is 12.2. The molecule has 0 aliphatic heterocycles. The van der Waals surface area contributed by atoms with Crippen molar-refractivity contribution in [2.24, 2.45) is 17.8 Å². The van der Waals surface area contributed by atoms with Crippen molar-refractivity contribution in [2.45, 2.75) is 79.7 Å². The fourth-order valence-electron chi connectivity index (χ4n) is 2.38. The van der Waals surface area contributed by atoms with Gasteiger partial charge < -0.3 is 5.32 Å². The highest BCUT2D eigenvalue weighted by atomic mass is 14.9. The molecular weight excluding hydrogens is 206 g/mol. The predicted molar refractivity (Wildman–Crippen MR) is 79.4 cm³/mol. The van der Waals surface area contributed by atoms with E-state index in [1.54, 1.807) is 0 Å². The zero-order valence-electron chi connectivity index (χ0n) is 13.1. The third-order valence-electron chi connectivity index (χ3n) is 3.15. The molecule has 0 heterocycles. The van der Waals surface area contributed by atoms with Gasteiger partial charge in [0.25, 0.3) is 0 Å². The topological polar surface area (TPSA) is 12.0 Å². The molecule has 0 aromatic carbocycles. The minimum atomic E-state index is 0.731. The van der Waals surface area contributed by atoms with Crippen LogP contribution in [-0.2, 0) is 0 Å². The fourth-order valence-corrected chi connectivity index (χ4v) is 2.38. The maximum atomic E-state index is 3.76. The van der Waals surface area contributed by atoms with E-state index in [1.165, 1.54) is 38.6 Å². The number of rotatable bonds is 10. The highest BCUT2D eigenvalue weighted by Gasteiger charge is 2.11. The summed E-state index contributed by atoms with van der Waals surface area (Å²) in [5.41, 5.74) is 0. The Morgan fingerprint density at radius 2 is 1.24 bits per heavy atom. The van der Waals surface area contributed by atoms with E-state index in [1.807, 2.05) is 0 Å². The second kappa shape index (κ2) is 9.94. The van der Waals surface area contributed by atoms with Gasteiger partial charge in [0.05, 0.1) is 0 Å². The van der Waals surface area contributed by atoms with Gasteiger partial charge in [-0.3, -0.25) is 0 Å². The predicted octanol–water partition coefficient (Wildman–Crippen LogP) is 4.86. The molecule has 104 valence electrons. The highest BCUT2D eigenvalue weighted by Crippen LogP contribution is 2.13. The molecule has 0 spiro atoms. The number of hydrogen-bond acceptors (Lipinski definition) is 1. The van der Waals surface area contributed by atoms with Crippen LogP contribution in [0.5, 0.6) is 0 Å². The molecule has 0 aliphatic carbocycles. The lowest BCUT2D eigenvalue weighted by atomic mass is 9.95. The highest BCUT2D eigenvalue weighted by molar-refractivity contribution is 4.70. The summed E-state index contributed by atoms with van der Waals surface area (Å²) in [5, 5.41) is 3.76. The summed E-state index contributed by atoms with van der Waals surface area (Å²) in [5.74, 6) is 2.47. The first-order valence-corrected chi connectivity index (χ1v) is 7.65. The summed E-state index contributed by atoms with van der Waals surface area (Å²) >= 11 is 0. The van der Waals surface area contributed by atoms with E-state index in [2.05, 4.69) is 46.9 Å². The lowest BCUT2D eigenvalue weighted by Gasteiger charge is -2.22. The van der Waals surface area contributed by atoms with Crippen LogP contribution >= 0.6 is 0 Å². The van der Waals surface area contributed by atoms with E-state index < -0.39 is 0 Å². The second-order valence-corrected chi connectivity index (χ2v) is 6.80. The Bertz CT molecular complexity index is 151. The molecule has 1 nitrogen and oxygen atoms in total. The molecule has 0 saturated carbocycles. The van der Waals surface area contributed by atoms with Crippen LogP contribution in [0.25, 0.3) is 0 Å². The van der Waals surface area contributed by atoms with Gasteiger partial charge >= 0.3 is 0 Å². The van der Waals surface area contributed by atoms with Gasteiger partial charge in [-0.2, -0.15) is 0 Å². The van der Waals surface area contributed by atoms with Crippen molar-refractivity contribution in [3.05, 3.63) is 0 Å². The molecule has 1 N–H and O–H groups in total. The summed E-state index contributed by atoms with van der Waals surface area (Å²) in [7, 11) is 0. The summed E-state index contributed by atoms with van der Waals surface area (Å²) < 4.78 is 0. The Kier molecular flexibility index (Phi) is 9.91. The van der Waals surface area contributed by atoms with Crippen LogP contribution in [0.1, 0.15) is 73.6 Å². The van der Waals surface area contributed by atoms with E-state index in [4.69, 9.17) is 0 Å². The maximum Gasteiger partial charge on any atom is 0.00719 e. The summed E-state index contributed by atoms with van der Waals surface area (Å²) in [4.78, 5) is 0. The van der Waals surface area contributed by atoms with Crippen LogP contribution in [0.3, 0.4) is 0 Å². The average Bonchev–Trinajstić information content (AvgIpc) is 2.14. The van der Waals surface area contributed by atoms with Gasteiger partial charge in [0.15, 0.2) is 0 Å². The fraction of sp³-hybridized carbons (Fsp3) is 1.00. The number of nitrogens with one attached hydrogen (secondary N) is 1. The molecule has 0 atom stereocenters. The first-order chi connectivity index (χ1) is 7.91. The molecule has 0 aromatic rings. The Balaban J connectivity index is 3.68. The first-order valence-electron chi connectivity index (χ1n) is 7.65. The largest absolute Gasteiger partial charge is 0.314 e. The van der Waals surface area contributed by atoms with Crippen molar-refractivity contribution >= 4 is 0 Å². The molecule has 0 aliphatic rings.